The van der Waals surface area contributed by atoms with Crippen LogP contribution in [0.4, 0.5) is 0 Å². The summed E-state index contributed by atoms with van der Waals surface area (Å²) in [6.07, 6.45) is 4.27. The maximum absolute atomic E-state index is 12.0. The Morgan fingerprint density at radius 1 is 1.21 bits per heavy atom. The summed E-state index contributed by atoms with van der Waals surface area (Å²) in [7, 11) is 0. The largest absolute Gasteiger partial charge is 0.464 e. The summed E-state index contributed by atoms with van der Waals surface area (Å²) in [5, 5.41) is 0. The van der Waals surface area contributed by atoms with Crippen molar-refractivity contribution in [2.75, 3.05) is 6.61 Å². The number of imide groups is 1. The van der Waals surface area contributed by atoms with Gasteiger partial charge in [0.15, 0.2) is 0 Å². The third-order valence-corrected chi connectivity index (χ3v) is 2.93. The summed E-state index contributed by atoms with van der Waals surface area (Å²) in [5.74, 6) is -0.935. The first-order valence-corrected chi connectivity index (χ1v) is 6.69. The Hall–Kier alpha value is -1.65. The summed E-state index contributed by atoms with van der Waals surface area (Å²) in [6.45, 7) is 6.29. The standard InChI is InChI=1S/C14H21NO4/c1-4-5-11(14(18)19-9-8-10(2)3)15-12(16)6-7-13(15)17/h6-7,10-11H,4-5,8-9H2,1-3H3. The Bertz CT molecular complexity index is 369. The molecule has 0 aromatic rings. The van der Waals surface area contributed by atoms with Crippen LogP contribution in [0, 0.1) is 5.92 Å². The van der Waals surface area contributed by atoms with Crippen LogP contribution in [0.3, 0.4) is 0 Å². The molecule has 0 aromatic carbocycles. The molecule has 19 heavy (non-hydrogen) atoms. The fraction of sp³-hybridized carbons (Fsp3) is 0.643. The van der Waals surface area contributed by atoms with Gasteiger partial charge in [-0.1, -0.05) is 27.2 Å². The van der Waals surface area contributed by atoms with Crippen molar-refractivity contribution in [1.29, 1.82) is 0 Å². The fourth-order valence-electron chi connectivity index (χ4n) is 1.84. The third kappa shape index (κ3) is 4.19. The number of carbonyl (C=O) groups excluding carboxylic acids is 3. The normalized spacial score (nSPS) is 16.3. The second kappa shape index (κ2) is 7.07. The van der Waals surface area contributed by atoms with E-state index in [-0.39, 0.29) is 0 Å². The minimum atomic E-state index is -0.799. The predicted octanol–water partition coefficient (Wildman–Crippen LogP) is 1.67. The van der Waals surface area contributed by atoms with Crippen molar-refractivity contribution in [2.45, 2.75) is 46.1 Å². The van der Waals surface area contributed by atoms with Crippen LogP contribution < -0.4 is 0 Å². The number of carbonyl (C=O) groups is 3. The van der Waals surface area contributed by atoms with Crippen LogP contribution in [0.5, 0.6) is 0 Å². The Morgan fingerprint density at radius 3 is 2.26 bits per heavy atom. The molecule has 1 atom stereocenters. The van der Waals surface area contributed by atoms with Crippen LogP contribution in [0.1, 0.15) is 40.0 Å². The van der Waals surface area contributed by atoms with Gasteiger partial charge in [0.2, 0.25) is 0 Å². The van der Waals surface area contributed by atoms with E-state index in [1.807, 2.05) is 20.8 Å². The highest BCUT2D eigenvalue weighted by Gasteiger charge is 2.36. The molecule has 5 heteroatoms. The molecule has 0 saturated heterocycles. The van der Waals surface area contributed by atoms with Crippen LogP contribution in [0.15, 0.2) is 12.2 Å². The van der Waals surface area contributed by atoms with Crippen molar-refractivity contribution in [1.82, 2.24) is 4.90 Å². The smallest absolute Gasteiger partial charge is 0.329 e. The van der Waals surface area contributed by atoms with E-state index in [4.69, 9.17) is 4.74 Å². The lowest BCUT2D eigenvalue weighted by molar-refractivity contribution is -0.158. The van der Waals surface area contributed by atoms with Gasteiger partial charge in [0.1, 0.15) is 6.04 Å². The Morgan fingerprint density at radius 2 is 1.79 bits per heavy atom. The molecule has 5 nitrogen and oxygen atoms in total. The molecular weight excluding hydrogens is 246 g/mol. The first-order valence-electron chi connectivity index (χ1n) is 6.69. The van der Waals surface area contributed by atoms with Crippen LogP contribution in [0.25, 0.3) is 0 Å². The first-order chi connectivity index (χ1) is 8.97. The van der Waals surface area contributed by atoms with Gasteiger partial charge in [0.25, 0.3) is 11.8 Å². The van der Waals surface area contributed by atoms with Crippen molar-refractivity contribution in [3.63, 3.8) is 0 Å². The summed E-state index contributed by atoms with van der Waals surface area (Å²) >= 11 is 0. The molecule has 0 N–H and O–H groups in total. The van der Waals surface area contributed by atoms with E-state index in [0.29, 0.717) is 25.4 Å². The summed E-state index contributed by atoms with van der Waals surface area (Å²) in [5.41, 5.74) is 0. The van der Waals surface area contributed by atoms with Gasteiger partial charge in [-0.05, 0) is 18.8 Å². The van der Waals surface area contributed by atoms with E-state index < -0.39 is 23.8 Å². The molecule has 2 amide bonds. The third-order valence-electron chi connectivity index (χ3n) is 2.93. The molecule has 106 valence electrons. The average Bonchev–Trinajstić information content (AvgIpc) is 2.66. The molecule has 1 unspecified atom stereocenters. The lowest BCUT2D eigenvalue weighted by atomic mass is 10.1. The van der Waals surface area contributed by atoms with E-state index >= 15 is 0 Å². The van der Waals surface area contributed by atoms with Crippen molar-refractivity contribution in [3.8, 4) is 0 Å². The summed E-state index contributed by atoms with van der Waals surface area (Å²) < 4.78 is 5.16. The molecule has 0 aliphatic carbocycles. The number of nitrogens with zero attached hydrogens (tertiary/aromatic N) is 1. The number of hydrogen-bond donors (Lipinski definition) is 0. The van der Waals surface area contributed by atoms with Gasteiger partial charge < -0.3 is 4.74 Å². The van der Waals surface area contributed by atoms with Gasteiger partial charge in [-0.3, -0.25) is 14.5 Å². The van der Waals surface area contributed by atoms with Crippen molar-refractivity contribution < 1.29 is 19.1 Å². The first kappa shape index (κ1) is 15.4. The van der Waals surface area contributed by atoms with Gasteiger partial charge in [-0.15, -0.1) is 0 Å². The lowest BCUT2D eigenvalue weighted by Gasteiger charge is -2.24. The number of amides is 2. The SMILES string of the molecule is CCCC(C(=O)OCCC(C)C)N1C(=O)C=CC1=O. The van der Waals surface area contributed by atoms with E-state index in [2.05, 4.69) is 0 Å². The number of rotatable bonds is 7. The summed E-state index contributed by atoms with van der Waals surface area (Å²) in [4.78, 5) is 36.2. The molecule has 0 aromatic heterocycles. The quantitative estimate of drug-likeness (QED) is 0.520. The topological polar surface area (TPSA) is 63.7 Å². The van der Waals surface area contributed by atoms with Crippen LogP contribution >= 0.6 is 0 Å². The van der Waals surface area contributed by atoms with E-state index in [9.17, 15) is 14.4 Å². The summed E-state index contributed by atoms with van der Waals surface area (Å²) in [6, 6.07) is -0.799. The molecule has 0 fully saturated rings. The zero-order valence-electron chi connectivity index (χ0n) is 11.7. The zero-order valence-corrected chi connectivity index (χ0v) is 11.7. The molecule has 0 saturated carbocycles. The molecule has 1 aliphatic heterocycles. The predicted molar refractivity (Wildman–Crippen MR) is 70.1 cm³/mol. The van der Waals surface area contributed by atoms with Gasteiger partial charge in [0, 0.05) is 12.2 Å². The van der Waals surface area contributed by atoms with Crippen molar-refractivity contribution in [3.05, 3.63) is 12.2 Å². The van der Waals surface area contributed by atoms with E-state index in [0.717, 1.165) is 11.3 Å². The van der Waals surface area contributed by atoms with Gasteiger partial charge in [0.05, 0.1) is 6.61 Å². The van der Waals surface area contributed by atoms with E-state index in [1.54, 1.807) is 0 Å². The Balaban J connectivity index is 2.64. The van der Waals surface area contributed by atoms with Gasteiger partial charge >= 0.3 is 5.97 Å². The molecule has 1 rings (SSSR count). The molecular formula is C14H21NO4. The van der Waals surface area contributed by atoms with Crippen LogP contribution in [-0.4, -0.2) is 35.3 Å². The monoisotopic (exact) mass is 267 g/mol. The van der Waals surface area contributed by atoms with Crippen molar-refractivity contribution in [2.24, 2.45) is 5.92 Å². The number of esters is 1. The number of ether oxygens (including phenoxy) is 1. The number of hydrogen-bond acceptors (Lipinski definition) is 4. The average molecular weight is 267 g/mol. The maximum atomic E-state index is 12.0. The van der Waals surface area contributed by atoms with Gasteiger partial charge in [-0.2, -0.15) is 0 Å². The molecule has 0 radical (unpaired) electrons. The lowest BCUT2D eigenvalue weighted by Crippen LogP contribution is -2.45. The molecule has 1 heterocycles. The van der Waals surface area contributed by atoms with Crippen LogP contribution in [-0.2, 0) is 19.1 Å². The molecule has 0 spiro atoms. The second-order valence-corrected chi connectivity index (χ2v) is 5.03. The van der Waals surface area contributed by atoms with E-state index in [1.165, 1.54) is 12.2 Å². The Kier molecular flexibility index (Phi) is 5.73. The van der Waals surface area contributed by atoms with Crippen molar-refractivity contribution >= 4 is 17.8 Å². The highest BCUT2D eigenvalue weighted by atomic mass is 16.5. The van der Waals surface area contributed by atoms with Crippen LogP contribution in [0.2, 0.25) is 0 Å². The highest BCUT2D eigenvalue weighted by Crippen LogP contribution is 2.15. The fourth-order valence-corrected chi connectivity index (χ4v) is 1.84. The Labute approximate surface area is 113 Å². The van der Waals surface area contributed by atoms with Gasteiger partial charge in [-0.25, -0.2) is 4.79 Å². The minimum Gasteiger partial charge on any atom is -0.464 e. The highest BCUT2D eigenvalue weighted by molar-refractivity contribution is 6.14. The molecule has 0 bridgehead atoms. The maximum Gasteiger partial charge on any atom is 0.329 e. The zero-order chi connectivity index (χ0) is 14.4. The minimum absolute atomic E-state index is 0.320. The second-order valence-electron chi connectivity index (χ2n) is 5.03. The molecule has 1 aliphatic rings.